The number of hydrogen-bond donors (Lipinski definition) is 1. The molecular formula is C28H28N4O4. The molecule has 0 aromatic heterocycles. The Labute approximate surface area is 209 Å². The zero-order valence-electron chi connectivity index (χ0n) is 20.4. The van der Waals surface area contributed by atoms with Gasteiger partial charge in [0.05, 0.1) is 0 Å². The topological polar surface area (TPSA) is 90.0 Å². The molecule has 0 bridgehead atoms. The maximum Gasteiger partial charge on any atom is 0.325 e. The molecule has 2 fully saturated rings. The quantitative estimate of drug-likeness (QED) is 0.444. The Bertz CT molecular complexity index is 1360. The summed E-state index contributed by atoms with van der Waals surface area (Å²) in [5.74, 6) is -0.664. The molecule has 2 saturated heterocycles. The van der Waals surface area contributed by atoms with Crippen LogP contribution in [0, 0.1) is 0 Å². The van der Waals surface area contributed by atoms with Gasteiger partial charge in [-0.15, -0.1) is 0 Å². The molecule has 0 aliphatic carbocycles. The number of rotatable bonds is 5. The molecule has 2 aliphatic heterocycles. The van der Waals surface area contributed by atoms with E-state index in [0.29, 0.717) is 37.3 Å². The number of carbonyl (C=O) groups is 4. The monoisotopic (exact) mass is 484 g/mol. The number of hydrogen-bond acceptors (Lipinski definition) is 5. The summed E-state index contributed by atoms with van der Waals surface area (Å²) in [6.07, 6.45) is 0. The zero-order chi connectivity index (χ0) is 25.4. The highest BCUT2D eigenvalue weighted by molar-refractivity contribution is 6.09. The third kappa shape index (κ3) is 4.19. The van der Waals surface area contributed by atoms with Crippen molar-refractivity contribution in [2.24, 2.45) is 0 Å². The van der Waals surface area contributed by atoms with E-state index >= 15 is 0 Å². The normalized spacial score (nSPS) is 20.1. The first-order valence-corrected chi connectivity index (χ1v) is 12.0. The van der Waals surface area contributed by atoms with Crippen molar-refractivity contribution in [3.63, 3.8) is 0 Å². The minimum Gasteiger partial charge on any atom is -0.368 e. The van der Waals surface area contributed by atoms with Gasteiger partial charge >= 0.3 is 6.03 Å². The minimum absolute atomic E-state index is 0.0224. The first-order valence-electron chi connectivity index (χ1n) is 12.0. The summed E-state index contributed by atoms with van der Waals surface area (Å²) in [5, 5.41) is 4.81. The number of imide groups is 1. The largest absolute Gasteiger partial charge is 0.368 e. The second-order valence-corrected chi connectivity index (χ2v) is 9.48. The molecule has 4 amide bonds. The van der Waals surface area contributed by atoms with Crippen LogP contribution in [0.5, 0.6) is 0 Å². The lowest BCUT2D eigenvalue weighted by Crippen LogP contribution is -2.52. The van der Waals surface area contributed by atoms with Crippen molar-refractivity contribution in [2.75, 3.05) is 37.6 Å². The molecule has 184 valence electrons. The molecule has 0 saturated carbocycles. The van der Waals surface area contributed by atoms with E-state index in [-0.39, 0.29) is 18.2 Å². The Morgan fingerprint density at radius 3 is 2.22 bits per heavy atom. The van der Waals surface area contributed by atoms with Crippen molar-refractivity contribution in [2.45, 2.75) is 19.4 Å². The fourth-order valence-electron chi connectivity index (χ4n) is 4.89. The smallest absolute Gasteiger partial charge is 0.325 e. The van der Waals surface area contributed by atoms with Gasteiger partial charge in [0.15, 0.2) is 5.78 Å². The Morgan fingerprint density at radius 2 is 1.56 bits per heavy atom. The number of ketones is 1. The highest BCUT2D eigenvalue weighted by Crippen LogP contribution is 2.31. The van der Waals surface area contributed by atoms with Crippen LogP contribution in [0.3, 0.4) is 0 Å². The molecule has 0 spiro atoms. The van der Waals surface area contributed by atoms with Crippen molar-refractivity contribution in [1.29, 1.82) is 0 Å². The number of nitrogens with one attached hydrogen (secondary N) is 1. The van der Waals surface area contributed by atoms with Crippen molar-refractivity contribution in [3.05, 3.63) is 77.9 Å². The lowest BCUT2D eigenvalue weighted by molar-refractivity contribution is -0.139. The lowest BCUT2D eigenvalue weighted by atomic mass is 9.90. The predicted octanol–water partition coefficient (Wildman–Crippen LogP) is 3.16. The van der Waals surface area contributed by atoms with Crippen LogP contribution in [0.15, 0.2) is 66.7 Å². The van der Waals surface area contributed by atoms with Crippen LogP contribution in [0.4, 0.5) is 10.5 Å². The van der Waals surface area contributed by atoms with Gasteiger partial charge in [-0.25, -0.2) is 4.79 Å². The Kier molecular flexibility index (Phi) is 5.96. The number of carbonyl (C=O) groups excluding carboxylic acids is 4. The van der Waals surface area contributed by atoms with E-state index in [1.54, 1.807) is 24.0 Å². The first kappa shape index (κ1) is 23.5. The van der Waals surface area contributed by atoms with Crippen molar-refractivity contribution >= 4 is 40.1 Å². The van der Waals surface area contributed by atoms with Gasteiger partial charge < -0.3 is 15.1 Å². The van der Waals surface area contributed by atoms with E-state index in [1.807, 2.05) is 54.6 Å². The zero-order valence-corrected chi connectivity index (χ0v) is 20.4. The van der Waals surface area contributed by atoms with E-state index in [0.717, 1.165) is 21.4 Å². The number of Topliss-reactive ketones (excluding diaryl/α,β-unsaturated/α-hetero) is 1. The van der Waals surface area contributed by atoms with Gasteiger partial charge in [-0.3, -0.25) is 19.3 Å². The molecule has 1 atom stereocenters. The molecule has 8 heteroatoms. The molecule has 3 aromatic rings. The Morgan fingerprint density at radius 1 is 0.889 bits per heavy atom. The van der Waals surface area contributed by atoms with Gasteiger partial charge in [-0.05, 0) is 60.5 Å². The van der Waals surface area contributed by atoms with E-state index in [1.165, 1.54) is 6.92 Å². The van der Waals surface area contributed by atoms with Gasteiger partial charge in [-0.1, -0.05) is 36.4 Å². The summed E-state index contributed by atoms with van der Waals surface area (Å²) in [6.45, 7) is 5.15. The van der Waals surface area contributed by atoms with Crippen LogP contribution >= 0.6 is 0 Å². The molecule has 0 radical (unpaired) electrons. The lowest BCUT2D eigenvalue weighted by Gasteiger charge is -2.36. The summed E-state index contributed by atoms with van der Waals surface area (Å²) in [7, 11) is 0. The minimum atomic E-state index is -1.23. The summed E-state index contributed by atoms with van der Waals surface area (Å²) in [5.41, 5.74) is 1.11. The first-order chi connectivity index (χ1) is 17.3. The van der Waals surface area contributed by atoms with Crippen molar-refractivity contribution in [1.82, 2.24) is 15.1 Å². The second kappa shape index (κ2) is 9.11. The van der Waals surface area contributed by atoms with Crippen molar-refractivity contribution in [3.8, 4) is 0 Å². The Hall–Kier alpha value is -4.20. The fraction of sp³-hybridized carbons (Fsp3) is 0.286. The second-order valence-electron chi connectivity index (χ2n) is 9.48. The molecule has 2 heterocycles. The predicted molar refractivity (Wildman–Crippen MR) is 137 cm³/mol. The number of amides is 4. The number of benzene rings is 3. The third-order valence-corrected chi connectivity index (χ3v) is 7.17. The molecule has 3 aromatic carbocycles. The molecule has 2 aliphatic rings. The highest BCUT2D eigenvalue weighted by atomic mass is 16.2. The molecule has 1 unspecified atom stereocenters. The molecule has 8 nitrogen and oxygen atoms in total. The maximum atomic E-state index is 13.3. The Balaban J connectivity index is 1.23. The van der Waals surface area contributed by atoms with Gasteiger partial charge in [0.2, 0.25) is 5.91 Å². The van der Waals surface area contributed by atoms with Crippen LogP contribution in [0.25, 0.3) is 10.8 Å². The number of anilines is 1. The summed E-state index contributed by atoms with van der Waals surface area (Å²) < 4.78 is 0. The van der Waals surface area contributed by atoms with Crippen LogP contribution in [0.2, 0.25) is 0 Å². The molecule has 1 N–H and O–H groups in total. The number of fused-ring (bicyclic) bond motifs is 1. The maximum absolute atomic E-state index is 13.3. The van der Waals surface area contributed by atoms with E-state index in [9.17, 15) is 19.2 Å². The van der Waals surface area contributed by atoms with E-state index in [4.69, 9.17) is 0 Å². The summed E-state index contributed by atoms with van der Waals surface area (Å²) in [4.78, 5) is 55.5. The molecule has 5 rings (SSSR count). The van der Waals surface area contributed by atoms with Crippen LogP contribution in [-0.4, -0.2) is 66.2 Å². The van der Waals surface area contributed by atoms with E-state index < -0.39 is 17.5 Å². The number of urea groups is 1. The van der Waals surface area contributed by atoms with Gasteiger partial charge in [-0.2, -0.15) is 0 Å². The average molecular weight is 485 g/mol. The number of nitrogens with zero attached hydrogens (tertiary/aromatic N) is 3. The van der Waals surface area contributed by atoms with Gasteiger partial charge in [0.1, 0.15) is 12.1 Å². The standard InChI is InChI=1S/C28H28N4O4/c1-19(33)20-8-11-24(12-9-20)30-13-15-31(16-14-30)25(34)18-32-26(35)28(2,29-27(32)36)23-10-7-21-5-3-4-6-22(21)17-23/h3-12,17H,13-16,18H2,1-2H3,(H,29,36). The third-order valence-electron chi connectivity index (χ3n) is 7.17. The van der Waals surface area contributed by atoms with Crippen LogP contribution < -0.4 is 10.2 Å². The SMILES string of the molecule is CC(=O)c1ccc(N2CCN(C(=O)CN3C(=O)NC(C)(c4ccc5ccccc5c4)C3=O)CC2)cc1. The van der Waals surface area contributed by atoms with Crippen molar-refractivity contribution < 1.29 is 19.2 Å². The average Bonchev–Trinajstić information content (AvgIpc) is 3.12. The molecular weight excluding hydrogens is 456 g/mol. The van der Waals surface area contributed by atoms with Crippen LogP contribution in [-0.2, 0) is 15.1 Å². The fourth-order valence-corrected chi connectivity index (χ4v) is 4.89. The molecule has 36 heavy (non-hydrogen) atoms. The number of piperazine rings is 1. The van der Waals surface area contributed by atoms with E-state index in [2.05, 4.69) is 10.2 Å². The summed E-state index contributed by atoms with van der Waals surface area (Å²) >= 11 is 0. The highest BCUT2D eigenvalue weighted by Gasteiger charge is 2.49. The summed E-state index contributed by atoms with van der Waals surface area (Å²) in [6, 6.07) is 20.4. The van der Waals surface area contributed by atoms with Gasteiger partial charge in [0, 0.05) is 37.4 Å². The van der Waals surface area contributed by atoms with Gasteiger partial charge in [0.25, 0.3) is 5.91 Å². The van der Waals surface area contributed by atoms with Crippen LogP contribution in [0.1, 0.15) is 29.8 Å².